The lowest BCUT2D eigenvalue weighted by molar-refractivity contribution is -0.206. The molecule has 2 aliphatic rings. The Bertz CT molecular complexity index is 1100. The summed E-state index contributed by atoms with van der Waals surface area (Å²) in [6, 6.07) is 6.49. The maximum atomic E-state index is 15.8. The lowest BCUT2D eigenvalue weighted by atomic mass is 9.96. The fourth-order valence-corrected chi connectivity index (χ4v) is 5.08. The van der Waals surface area contributed by atoms with Gasteiger partial charge in [0.1, 0.15) is 24.2 Å². The molecule has 3 rings (SSSR count). The third-order valence-corrected chi connectivity index (χ3v) is 7.03. The van der Waals surface area contributed by atoms with Crippen molar-refractivity contribution in [1.29, 1.82) is 0 Å². The Balaban J connectivity index is 1.82. The van der Waals surface area contributed by atoms with E-state index in [1.165, 1.54) is 19.1 Å². The van der Waals surface area contributed by atoms with E-state index < -0.39 is 62.2 Å². The fraction of sp³-hybridized carbons (Fsp3) is 0.478. The van der Waals surface area contributed by atoms with Crippen LogP contribution in [0.3, 0.4) is 0 Å². The second-order valence-electron chi connectivity index (χ2n) is 8.98. The first-order valence-electron chi connectivity index (χ1n) is 11.3. The maximum absolute atomic E-state index is 15.8. The zero-order valence-corrected chi connectivity index (χ0v) is 21.6. The van der Waals surface area contributed by atoms with Crippen LogP contribution >= 0.6 is 7.75 Å². The molecular weight excluding hydrogens is 515 g/mol. The van der Waals surface area contributed by atoms with Crippen molar-refractivity contribution in [3.63, 3.8) is 0 Å². The SMILES string of the molecule is C=C1NC(=O)C=CN1[C@@H]1O[C@](F)(COP(=O)(NC(C)C(=O)OC(C)C)Oc2ccccc2)[C@@H](O)[C@@]1(C)F. The van der Waals surface area contributed by atoms with Crippen LogP contribution in [-0.2, 0) is 28.2 Å². The lowest BCUT2D eigenvalue weighted by Gasteiger charge is -2.35. The van der Waals surface area contributed by atoms with E-state index >= 15 is 8.78 Å². The summed E-state index contributed by atoms with van der Waals surface area (Å²) in [4.78, 5) is 24.8. The third-order valence-electron chi connectivity index (χ3n) is 5.41. The molecule has 3 N–H and O–H groups in total. The molecule has 11 nitrogen and oxygen atoms in total. The summed E-state index contributed by atoms with van der Waals surface area (Å²) >= 11 is 0. The van der Waals surface area contributed by atoms with Gasteiger partial charge in [-0.2, -0.15) is 5.09 Å². The Kier molecular flexibility index (Phi) is 8.45. The first kappa shape index (κ1) is 28.7. The van der Waals surface area contributed by atoms with Crippen LogP contribution in [0.2, 0.25) is 0 Å². The molecule has 2 unspecified atom stereocenters. The second kappa shape index (κ2) is 10.9. The van der Waals surface area contributed by atoms with Gasteiger partial charge in [0.2, 0.25) is 0 Å². The summed E-state index contributed by atoms with van der Waals surface area (Å²) in [6.45, 7) is 7.78. The van der Waals surface area contributed by atoms with Crippen molar-refractivity contribution in [2.75, 3.05) is 6.61 Å². The molecule has 6 atom stereocenters. The molecule has 2 heterocycles. The first-order chi connectivity index (χ1) is 17.2. The van der Waals surface area contributed by atoms with Crippen LogP contribution in [0.4, 0.5) is 8.78 Å². The van der Waals surface area contributed by atoms with Gasteiger partial charge >= 0.3 is 13.7 Å². The Hall–Kier alpha value is -2.83. The Morgan fingerprint density at radius 2 is 1.97 bits per heavy atom. The van der Waals surface area contributed by atoms with Gasteiger partial charge < -0.3 is 29.3 Å². The number of nitrogens with one attached hydrogen (secondary N) is 2. The van der Waals surface area contributed by atoms with Crippen LogP contribution in [0.1, 0.15) is 27.7 Å². The van der Waals surface area contributed by atoms with Crippen molar-refractivity contribution in [2.45, 2.75) is 63.7 Å². The smallest absolute Gasteiger partial charge is 0.459 e. The molecule has 14 heteroatoms. The minimum Gasteiger partial charge on any atom is -0.462 e. The van der Waals surface area contributed by atoms with Crippen molar-refractivity contribution >= 4 is 19.6 Å². The molecular formula is C23H30F2N3O8P. The quantitative estimate of drug-likeness (QED) is 0.297. The largest absolute Gasteiger partial charge is 0.462 e. The van der Waals surface area contributed by atoms with Gasteiger partial charge in [-0.05, 0) is 39.8 Å². The van der Waals surface area contributed by atoms with Crippen LogP contribution < -0.4 is 14.9 Å². The molecule has 2 aliphatic heterocycles. The number of amides is 1. The van der Waals surface area contributed by atoms with Gasteiger partial charge in [-0.15, -0.1) is 0 Å². The standard InChI is InChI=1S/C23H30F2N3O8P/c1-14(2)34-19(30)15(3)27-37(32,36-17-9-7-6-8-10-17)33-13-23(25)20(31)22(5,24)21(35-23)28-12-11-18(29)26-16(28)4/h6-12,14-15,20-21,31H,4,13H2,1-3,5H3,(H,26,29)(H,27,32)/t15?,20-,21+,22+,23+,37?/m0/s1. The highest BCUT2D eigenvalue weighted by molar-refractivity contribution is 7.52. The number of hydrogen-bond donors (Lipinski definition) is 3. The van der Waals surface area contributed by atoms with Gasteiger partial charge in [-0.1, -0.05) is 24.8 Å². The van der Waals surface area contributed by atoms with Gasteiger partial charge in [-0.3, -0.25) is 14.1 Å². The summed E-state index contributed by atoms with van der Waals surface area (Å²) in [5.41, 5.74) is -2.74. The van der Waals surface area contributed by atoms with Gasteiger partial charge in [0.05, 0.1) is 6.10 Å². The number of hydrogen-bond acceptors (Lipinski definition) is 9. The zero-order chi connectivity index (χ0) is 27.6. The molecule has 0 radical (unpaired) electrons. The molecule has 0 bridgehead atoms. The summed E-state index contributed by atoms with van der Waals surface area (Å²) in [7, 11) is -4.54. The zero-order valence-electron chi connectivity index (χ0n) is 20.7. The average Bonchev–Trinajstić information content (AvgIpc) is 2.98. The van der Waals surface area contributed by atoms with E-state index in [1.807, 2.05) is 0 Å². The van der Waals surface area contributed by atoms with E-state index in [2.05, 4.69) is 17.0 Å². The van der Waals surface area contributed by atoms with E-state index in [0.717, 1.165) is 24.1 Å². The van der Waals surface area contributed by atoms with E-state index in [1.54, 1.807) is 32.0 Å². The fourth-order valence-electron chi connectivity index (χ4n) is 3.58. The number of nitrogens with zero attached hydrogens (tertiary/aromatic N) is 1. The van der Waals surface area contributed by atoms with Gasteiger partial charge in [0, 0.05) is 12.3 Å². The predicted molar refractivity (Wildman–Crippen MR) is 127 cm³/mol. The molecule has 0 saturated carbocycles. The molecule has 1 saturated heterocycles. The number of para-hydroxylation sites is 1. The highest BCUT2D eigenvalue weighted by Crippen LogP contribution is 2.50. The van der Waals surface area contributed by atoms with Gasteiger partial charge in [0.15, 0.2) is 18.0 Å². The van der Waals surface area contributed by atoms with E-state index in [-0.39, 0.29) is 11.6 Å². The summed E-state index contributed by atoms with van der Waals surface area (Å²) in [5.74, 6) is -4.59. The number of carbonyl (C=O) groups excluding carboxylic acids is 2. The normalized spacial score (nSPS) is 30.1. The van der Waals surface area contributed by atoms with Crippen molar-refractivity contribution in [3.8, 4) is 5.75 Å². The molecule has 1 fully saturated rings. The van der Waals surface area contributed by atoms with Crippen LogP contribution in [0.15, 0.2) is 55.0 Å². The molecule has 1 amide bonds. The van der Waals surface area contributed by atoms with E-state index in [0.29, 0.717) is 0 Å². The second-order valence-corrected chi connectivity index (χ2v) is 10.7. The monoisotopic (exact) mass is 545 g/mol. The van der Waals surface area contributed by atoms with E-state index in [9.17, 15) is 19.3 Å². The molecule has 204 valence electrons. The molecule has 0 aromatic heterocycles. The number of rotatable bonds is 10. The van der Waals surface area contributed by atoms with Crippen molar-refractivity contribution in [3.05, 3.63) is 55.0 Å². The minimum atomic E-state index is -4.54. The number of aliphatic hydroxyl groups excluding tert-OH is 1. The number of carbonyl (C=O) groups is 2. The predicted octanol–water partition coefficient (Wildman–Crippen LogP) is 2.65. The van der Waals surface area contributed by atoms with E-state index in [4.69, 9.17) is 18.5 Å². The third kappa shape index (κ3) is 6.55. The van der Waals surface area contributed by atoms with Crippen LogP contribution in [0, 0.1) is 0 Å². The number of aliphatic hydroxyl groups is 1. The van der Waals surface area contributed by atoms with Crippen LogP contribution in [-0.4, -0.2) is 64.5 Å². The Morgan fingerprint density at radius 3 is 2.57 bits per heavy atom. The summed E-state index contributed by atoms with van der Waals surface area (Å²) in [5, 5.41) is 15.2. The van der Waals surface area contributed by atoms with Crippen molar-refractivity contribution < 1.29 is 46.6 Å². The highest BCUT2D eigenvalue weighted by Gasteiger charge is 2.66. The average molecular weight is 545 g/mol. The molecule has 0 spiro atoms. The Labute approximate surface area is 213 Å². The molecule has 0 aliphatic carbocycles. The number of esters is 1. The number of ether oxygens (including phenoxy) is 2. The topological polar surface area (TPSA) is 136 Å². The number of halogens is 2. The molecule has 37 heavy (non-hydrogen) atoms. The number of alkyl halides is 2. The number of benzene rings is 1. The lowest BCUT2D eigenvalue weighted by Crippen LogP contribution is -2.51. The highest BCUT2D eigenvalue weighted by atomic mass is 31.2. The molecule has 1 aromatic rings. The summed E-state index contributed by atoms with van der Waals surface area (Å²) in [6.07, 6.45) is -2.50. The maximum Gasteiger partial charge on any atom is 0.459 e. The molecule has 1 aromatic carbocycles. The minimum absolute atomic E-state index is 0.0576. The summed E-state index contributed by atoms with van der Waals surface area (Å²) < 4.78 is 65.9. The van der Waals surface area contributed by atoms with Crippen molar-refractivity contribution in [1.82, 2.24) is 15.3 Å². The first-order valence-corrected chi connectivity index (χ1v) is 12.9. The Morgan fingerprint density at radius 1 is 1.32 bits per heavy atom. The van der Waals surface area contributed by atoms with Gasteiger partial charge in [-0.25, -0.2) is 13.3 Å². The van der Waals surface area contributed by atoms with Crippen LogP contribution in [0.25, 0.3) is 0 Å². The van der Waals surface area contributed by atoms with Crippen molar-refractivity contribution in [2.24, 2.45) is 0 Å². The van der Waals surface area contributed by atoms with Gasteiger partial charge in [0.25, 0.3) is 11.8 Å². The van der Waals surface area contributed by atoms with Crippen LogP contribution in [0.5, 0.6) is 5.75 Å².